The van der Waals surface area contributed by atoms with Crippen molar-refractivity contribution in [3.8, 4) is 0 Å². The average molecular weight is 362 g/mol. The lowest BCUT2D eigenvalue weighted by Crippen LogP contribution is -2.05. The molecule has 2 rings (SSSR count). The smallest absolute Gasteiger partial charge is 0.271 e. The molecule has 1 heterocycles. The van der Waals surface area contributed by atoms with Gasteiger partial charge < -0.3 is 5.32 Å². The second kappa shape index (κ2) is 5.90. The molecule has 4 nitrogen and oxygen atoms in total. The Morgan fingerprint density at radius 2 is 2.16 bits per heavy atom. The van der Waals surface area contributed by atoms with Gasteiger partial charge in [0.05, 0.1) is 25.5 Å². The van der Waals surface area contributed by atoms with E-state index in [-0.39, 0.29) is 11.7 Å². The third-order valence-corrected chi connectivity index (χ3v) is 4.69. The van der Waals surface area contributed by atoms with Crippen LogP contribution in [0.4, 0.5) is 11.4 Å². The molecule has 0 radical (unpaired) electrons. The van der Waals surface area contributed by atoms with E-state index in [2.05, 4.69) is 21.2 Å². The topological polar surface area (TPSA) is 55.2 Å². The molecular formula is C12H10BrClN2O2S. The van der Waals surface area contributed by atoms with Crippen molar-refractivity contribution in [2.24, 2.45) is 0 Å². The van der Waals surface area contributed by atoms with E-state index in [9.17, 15) is 10.1 Å². The van der Waals surface area contributed by atoms with E-state index in [0.29, 0.717) is 10.7 Å². The number of anilines is 1. The number of thiophene rings is 1. The van der Waals surface area contributed by atoms with Crippen LogP contribution in [0.2, 0.25) is 5.02 Å². The van der Waals surface area contributed by atoms with E-state index < -0.39 is 4.92 Å². The van der Waals surface area contributed by atoms with Crippen LogP contribution >= 0.6 is 38.9 Å². The minimum absolute atomic E-state index is 0.0199. The van der Waals surface area contributed by atoms with Crippen LogP contribution in [-0.2, 0) is 0 Å². The summed E-state index contributed by atoms with van der Waals surface area (Å²) in [5.41, 5.74) is 0.583. The fourth-order valence-electron chi connectivity index (χ4n) is 1.60. The van der Waals surface area contributed by atoms with Crippen molar-refractivity contribution in [1.82, 2.24) is 0 Å². The van der Waals surface area contributed by atoms with E-state index >= 15 is 0 Å². The maximum atomic E-state index is 10.8. The summed E-state index contributed by atoms with van der Waals surface area (Å²) in [6, 6.07) is 8.35. The van der Waals surface area contributed by atoms with Gasteiger partial charge in [-0.2, -0.15) is 0 Å². The molecule has 2 aromatic rings. The summed E-state index contributed by atoms with van der Waals surface area (Å²) in [6.07, 6.45) is 0. The highest BCUT2D eigenvalue weighted by Crippen LogP contribution is 2.33. The Morgan fingerprint density at radius 1 is 1.42 bits per heavy atom. The van der Waals surface area contributed by atoms with Crippen LogP contribution in [0, 0.1) is 10.1 Å². The highest BCUT2D eigenvalue weighted by atomic mass is 79.9. The first kappa shape index (κ1) is 14.3. The maximum Gasteiger partial charge on any atom is 0.271 e. The molecule has 1 atom stereocenters. The summed E-state index contributed by atoms with van der Waals surface area (Å²) in [6.45, 7) is 1.98. The summed E-state index contributed by atoms with van der Waals surface area (Å²) in [4.78, 5) is 11.4. The number of rotatable bonds is 4. The molecule has 1 aromatic heterocycles. The van der Waals surface area contributed by atoms with Crippen molar-refractivity contribution < 1.29 is 4.92 Å². The predicted octanol–water partition coefficient (Wildman–Crippen LogP) is 5.25. The average Bonchev–Trinajstić information content (AvgIpc) is 2.78. The van der Waals surface area contributed by atoms with Crippen molar-refractivity contribution in [2.45, 2.75) is 13.0 Å². The number of nitrogens with one attached hydrogen (secondary N) is 1. The largest absolute Gasteiger partial charge is 0.376 e. The van der Waals surface area contributed by atoms with Gasteiger partial charge in [0.25, 0.3) is 5.69 Å². The first-order valence-electron chi connectivity index (χ1n) is 5.43. The molecule has 0 saturated carbocycles. The van der Waals surface area contributed by atoms with E-state index in [0.717, 1.165) is 8.66 Å². The normalized spacial score (nSPS) is 12.2. The predicted molar refractivity (Wildman–Crippen MR) is 82.2 cm³/mol. The van der Waals surface area contributed by atoms with Crippen LogP contribution in [0.3, 0.4) is 0 Å². The molecule has 0 aliphatic rings. The second-order valence-corrected chi connectivity index (χ2v) is 6.83. The van der Waals surface area contributed by atoms with Gasteiger partial charge in [-0.3, -0.25) is 10.1 Å². The molecule has 7 heteroatoms. The lowest BCUT2D eigenvalue weighted by Gasteiger charge is -2.14. The molecule has 1 aromatic carbocycles. The highest BCUT2D eigenvalue weighted by Gasteiger charge is 2.13. The fourth-order valence-corrected chi connectivity index (χ4v) is 3.20. The van der Waals surface area contributed by atoms with E-state index in [1.165, 1.54) is 18.2 Å². The lowest BCUT2D eigenvalue weighted by atomic mass is 10.2. The number of hydrogen-bond donors (Lipinski definition) is 1. The second-order valence-electron chi connectivity index (χ2n) is 3.93. The maximum absolute atomic E-state index is 10.8. The number of benzene rings is 1. The lowest BCUT2D eigenvalue weighted by molar-refractivity contribution is -0.384. The summed E-state index contributed by atoms with van der Waals surface area (Å²) in [5.74, 6) is 0. The molecule has 100 valence electrons. The standard InChI is InChI=1S/C12H10BrClN2O2S/c1-7(11-4-5-12(13)19-11)15-10-6-8(16(17)18)2-3-9(10)14/h2-7,15H,1H3. The molecule has 0 aliphatic heterocycles. The van der Waals surface area contributed by atoms with Crippen LogP contribution in [0.25, 0.3) is 0 Å². The number of nitro groups is 1. The van der Waals surface area contributed by atoms with Gasteiger partial charge in [-0.15, -0.1) is 11.3 Å². The van der Waals surface area contributed by atoms with Gasteiger partial charge in [0.15, 0.2) is 0 Å². The molecule has 1 unspecified atom stereocenters. The first-order chi connectivity index (χ1) is 8.97. The van der Waals surface area contributed by atoms with E-state index in [4.69, 9.17) is 11.6 Å². The number of nitrogens with zero attached hydrogens (tertiary/aromatic N) is 1. The molecule has 0 saturated heterocycles. The Bertz CT molecular complexity index is 618. The third kappa shape index (κ3) is 3.46. The van der Waals surface area contributed by atoms with Gasteiger partial charge >= 0.3 is 0 Å². The van der Waals surface area contributed by atoms with Gasteiger partial charge in [-0.1, -0.05) is 11.6 Å². The molecule has 0 bridgehead atoms. The van der Waals surface area contributed by atoms with Crippen molar-refractivity contribution in [3.63, 3.8) is 0 Å². The van der Waals surface area contributed by atoms with Crippen molar-refractivity contribution in [3.05, 3.63) is 54.1 Å². The SMILES string of the molecule is CC(Nc1cc([N+](=O)[O-])ccc1Cl)c1ccc(Br)s1. The third-order valence-electron chi connectivity index (χ3n) is 2.55. The van der Waals surface area contributed by atoms with Crippen molar-refractivity contribution in [1.29, 1.82) is 0 Å². The molecule has 0 amide bonds. The molecule has 19 heavy (non-hydrogen) atoms. The van der Waals surface area contributed by atoms with Crippen molar-refractivity contribution >= 4 is 50.2 Å². The van der Waals surface area contributed by atoms with Crippen LogP contribution in [-0.4, -0.2) is 4.92 Å². The Balaban J connectivity index is 2.22. The summed E-state index contributed by atoms with van der Waals surface area (Å²) in [5, 5.41) is 14.4. The summed E-state index contributed by atoms with van der Waals surface area (Å²) < 4.78 is 1.04. The van der Waals surface area contributed by atoms with Crippen LogP contribution in [0.1, 0.15) is 17.8 Å². The summed E-state index contributed by atoms with van der Waals surface area (Å²) in [7, 11) is 0. The molecule has 0 fully saturated rings. The van der Waals surface area contributed by atoms with Crippen LogP contribution in [0.5, 0.6) is 0 Å². The first-order valence-corrected chi connectivity index (χ1v) is 7.42. The number of nitro benzene ring substituents is 1. The van der Waals surface area contributed by atoms with Gasteiger partial charge in [-0.25, -0.2) is 0 Å². The minimum Gasteiger partial charge on any atom is -0.376 e. The zero-order valence-electron chi connectivity index (χ0n) is 9.89. The van der Waals surface area contributed by atoms with Gasteiger partial charge in [0, 0.05) is 17.0 Å². The summed E-state index contributed by atoms with van der Waals surface area (Å²) >= 11 is 11.1. The quantitative estimate of drug-likeness (QED) is 0.598. The highest BCUT2D eigenvalue weighted by molar-refractivity contribution is 9.11. The molecular weight excluding hydrogens is 352 g/mol. The number of halogens is 2. The van der Waals surface area contributed by atoms with Gasteiger partial charge in [0.1, 0.15) is 0 Å². The fraction of sp³-hybridized carbons (Fsp3) is 0.167. The van der Waals surface area contributed by atoms with Crippen LogP contribution < -0.4 is 5.32 Å². The Morgan fingerprint density at radius 3 is 2.74 bits per heavy atom. The zero-order chi connectivity index (χ0) is 14.0. The van der Waals surface area contributed by atoms with Gasteiger partial charge in [0.2, 0.25) is 0 Å². The molecule has 1 N–H and O–H groups in total. The Hall–Kier alpha value is -1.11. The number of hydrogen-bond acceptors (Lipinski definition) is 4. The minimum atomic E-state index is -0.437. The van der Waals surface area contributed by atoms with Crippen molar-refractivity contribution in [2.75, 3.05) is 5.32 Å². The molecule has 0 spiro atoms. The molecule has 0 aliphatic carbocycles. The Labute approximate surface area is 127 Å². The van der Waals surface area contributed by atoms with Gasteiger partial charge in [-0.05, 0) is 41.1 Å². The zero-order valence-corrected chi connectivity index (χ0v) is 13.1. The van der Waals surface area contributed by atoms with E-state index in [1.807, 2.05) is 19.1 Å². The Kier molecular flexibility index (Phi) is 4.44. The van der Waals surface area contributed by atoms with E-state index in [1.54, 1.807) is 11.3 Å². The van der Waals surface area contributed by atoms with Crippen LogP contribution in [0.15, 0.2) is 34.1 Å². The monoisotopic (exact) mass is 360 g/mol. The number of non-ortho nitro benzene ring substituents is 1.